The minimum atomic E-state index is -2.31. The Balaban J connectivity index is 1.98. The third-order valence-electron chi connectivity index (χ3n) is 19.5. The summed E-state index contributed by atoms with van der Waals surface area (Å²) in [7, 11) is 1.38. The molecule has 0 bridgehead atoms. The van der Waals surface area contributed by atoms with Crippen LogP contribution in [-0.2, 0) is 114 Å². The van der Waals surface area contributed by atoms with Gasteiger partial charge in [0, 0.05) is 50.3 Å². The lowest BCUT2D eigenvalue weighted by Gasteiger charge is -2.31. The first-order valence-corrected chi connectivity index (χ1v) is 43.3. The highest BCUT2D eigenvalue weighted by Crippen LogP contribution is 2.25. The number of nitrogens with two attached hydrogens (primary N) is 10. The third-order valence-corrected chi connectivity index (χ3v) is 22.0. The molecule has 14 unspecified atom stereocenters. The molecule has 4 rings (SSSR count). The quantitative estimate of drug-likeness (QED) is 0.00982. The molecule has 0 radical (unpaired) electrons. The number of amides is 19. The van der Waals surface area contributed by atoms with Gasteiger partial charge in [0.2, 0.25) is 112 Å². The number of benzene rings is 2. The molecule has 15 atom stereocenters. The van der Waals surface area contributed by atoms with Crippen LogP contribution in [0.1, 0.15) is 114 Å². The molecule has 2 fully saturated rings. The highest BCUT2D eigenvalue weighted by Gasteiger charge is 2.43. The van der Waals surface area contributed by atoms with E-state index in [-0.39, 0.29) is 87.3 Å². The first kappa shape index (κ1) is 110. The van der Waals surface area contributed by atoms with Crippen molar-refractivity contribution in [2.24, 2.45) is 57.3 Å². The molecule has 0 aromatic heterocycles. The number of hydrogen-bond acceptors (Lipinski definition) is 33. The van der Waals surface area contributed by atoms with Gasteiger partial charge in [-0.15, -0.1) is 0 Å². The number of aromatic hydroxyl groups is 2. The van der Waals surface area contributed by atoms with Crippen LogP contribution >= 0.6 is 21.6 Å². The van der Waals surface area contributed by atoms with E-state index in [0.717, 1.165) is 27.8 Å². The van der Waals surface area contributed by atoms with Crippen molar-refractivity contribution in [3.63, 3.8) is 0 Å². The molecule has 54 nitrogen and oxygen atoms in total. The zero-order valence-corrected chi connectivity index (χ0v) is 72.5. The van der Waals surface area contributed by atoms with Crippen molar-refractivity contribution in [1.29, 1.82) is 5.41 Å². The van der Waals surface area contributed by atoms with Gasteiger partial charge in [-0.3, -0.25) is 122 Å². The van der Waals surface area contributed by atoms with Crippen LogP contribution < -0.4 is 142 Å². The molecule has 724 valence electrons. The molecule has 2 aromatic rings. The summed E-state index contributed by atoms with van der Waals surface area (Å²) >= 11 is 0. The summed E-state index contributed by atoms with van der Waals surface area (Å²) in [5, 5.41) is 96.0. The fourth-order valence-electron chi connectivity index (χ4n) is 12.9. The molecule has 2 aliphatic heterocycles. The Kier molecular flexibility index (Phi) is 47.1. The maximum Gasteiger partial charge on any atom is 0.305 e. The first-order chi connectivity index (χ1) is 61.7. The molecule has 131 heavy (non-hydrogen) atoms. The van der Waals surface area contributed by atoms with Gasteiger partial charge in [-0.05, 0) is 113 Å². The topological polar surface area (TPSA) is 939 Å². The molecule has 2 aliphatic rings. The average molecular weight is 1890 g/mol. The summed E-state index contributed by atoms with van der Waals surface area (Å²) in [6, 6.07) is -16.4. The van der Waals surface area contributed by atoms with Gasteiger partial charge in [0.25, 0.3) is 0 Å². The summed E-state index contributed by atoms with van der Waals surface area (Å²) in [4.78, 5) is 292. The summed E-state index contributed by atoms with van der Waals surface area (Å²) in [5.41, 5.74) is 56.5. The number of carboxylic acid groups (broad SMARTS) is 2. The van der Waals surface area contributed by atoms with Crippen molar-refractivity contribution in [3.05, 3.63) is 59.7 Å². The number of fused-ring (bicyclic) bond motifs is 1. The fraction of sp³-hybridized carbons (Fsp3) is 0.547. The van der Waals surface area contributed by atoms with E-state index >= 15 is 0 Å². The third kappa shape index (κ3) is 41.7. The predicted molar refractivity (Wildman–Crippen MR) is 462 cm³/mol. The molecular weight excluding hydrogens is 1770 g/mol. The number of aliphatic hydroxyl groups excluding tert-OH is 1. The average Bonchev–Trinajstić information content (AvgIpc) is 1.70. The van der Waals surface area contributed by atoms with Crippen molar-refractivity contribution >= 4 is 152 Å². The smallest absolute Gasteiger partial charge is 0.305 e. The Bertz CT molecular complexity index is 4390. The first-order valence-electron chi connectivity index (χ1n) is 40.8. The Morgan fingerprint density at radius 1 is 0.481 bits per heavy atom. The van der Waals surface area contributed by atoms with Gasteiger partial charge in [-0.25, -0.2) is 0 Å². The number of carboxylic acids is 2. The number of hydrogen-bond donors (Lipinski definition) is 32. The van der Waals surface area contributed by atoms with Gasteiger partial charge >= 0.3 is 11.9 Å². The number of rotatable bonds is 37. The zero-order chi connectivity index (χ0) is 97.9. The number of carbonyl (C=O) groups is 21. The van der Waals surface area contributed by atoms with Crippen LogP contribution in [0.25, 0.3) is 0 Å². The lowest BCUT2D eigenvalue weighted by molar-refractivity contribution is -0.143. The van der Waals surface area contributed by atoms with Crippen molar-refractivity contribution in [1.82, 2.24) is 90.0 Å². The molecule has 0 spiro atoms. The van der Waals surface area contributed by atoms with E-state index in [1.807, 2.05) is 0 Å². The second-order valence-corrected chi connectivity index (χ2v) is 32.8. The molecule has 56 heteroatoms. The normalized spacial score (nSPS) is 22.8. The Labute approximate surface area is 755 Å². The number of phenolic OH excluding ortho intramolecular Hbond substituents is 2. The highest BCUT2D eigenvalue weighted by molar-refractivity contribution is 8.76. The summed E-state index contributed by atoms with van der Waals surface area (Å²) in [6.07, 6.45) is -12.8. The maximum atomic E-state index is 15.0. The van der Waals surface area contributed by atoms with E-state index in [4.69, 9.17) is 62.7 Å². The number of aliphatic carboxylic acids is 2. The monoisotopic (exact) mass is 1890 g/mol. The van der Waals surface area contributed by atoms with Crippen molar-refractivity contribution in [2.45, 2.75) is 213 Å². The van der Waals surface area contributed by atoms with Gasteiger partial charge in [-0.2, -0.15) is 0 Å². The number of primary amides is 5. The van der Waals surface area contributed by atoms with E-state index in [2.05, 4.69) is 85.1 Å². The molecule has 2 heterocycles. The molecule has 2 aromatic carbocycles. The van der Waals surface area contributed by atoms with Crippen molar-refractivity contribution in [3.8, 4) is 11.5 Å². The van der Waals surface area contributed by atoms with E-state index < -0.39 is 322 Å². The predicted octanol–water partition coefficient (Wildman–Crippen LogP) is -14.3. The van der Waals surface area contributed by atoms with Crippen molar-refractivity contribution in [2.75, 3.05) is 44.2 Å². The Morgan fingerprint density at radius 2 is 0.924 bits per heavy atom. The molecule has 42 N–H and O–H groups in total. The van der Waals surface area contributed by atoms with Crippen LogP contribution in [0.15, 0.2) is 48.5 Å². The summed E-state index contributed by atoms with van der Waals surface area (Å²) in [6.45, 7) is -1.60. The number of guanidine groups is 1. The Hall–Kier alpha value is -13.4. The number of phenols is 2. The SMILES string of the molecule is N=C(N)NCCCC1NC(=O)C2CCCN2C(=O)[C@H](CC(N)=O)NC(=O)C(CCCNC(N)N)NC(=O)C(Cc2ccc(O)cc2)NC(=O)CNC(=O)C(N)CSSCC(C(=O)NC(CC(N)=O)C(=O)NC(CCC(N)=O)C(N)=O)NC(=O)C(CCC(=O)O)NC(=O)C(CCCNC(N)O)NC(=O)C(Cc2ccc(O)cc2)NC(=O)C(CC(=O)O)NC(=O)C(CC(N)=O)NC1=O. The number of carbonyl (C=O) groups excluding carboxylic acids is 19. The summed E-state index contributed by atoms with van der Waals surface area (Å²) < 4.78 is 0. The second kappa shape index (κ2) is 56.1. The van der Waals surface area contributed by atoms with Crippen molar-refractivity contribution < 1.29 is 126 Å². The van der Waals surface area contributed by atoms with Crippen LogP contribution in [0.3, 0.4) is 0 Å². The minimum absolute atomic E-state index is 0.0171. The molecule has 2 saturated heterocycles. The zero-order valence-electron chi connectivity index (χ0n) is 70.9. The van der Waals surface area contributed by atoms with E-state index in [1.165, 1.54) is 36.4 Å². The lowest BCUT2D eigenvalue weighted by Crippen LogP contribution is -2.61. The lowest BCUT2D eigenvalue weighted by atomic mass is 10.0. The van der Waals surface area contributed by atoms with Crippen LogP contribution in [0.5, 0.6) is 11.5 Å². The van der Waals surface area contributed by atoms with Gasteiger partial charge in [0.1, 0.15) is 96.3 Å². The highest BCUT2D eigenvalue weighted by atomic mass is 33.1. The van der Waals surface area contributed by atoms with Gasteiger partial charge < -0.3 is 156 Å². The fourth-order valence-corrected chi connectivity index (χ4v) is 15.2. The largest absolute Gasteiger partial charge is 0.508 e. The maximum absolute atomic E-state index is 15.0. The molecule has 0 saturated carbocycles. The Morgan fingerprint density at radius 3 is 1.40 bits per heavy atom. The molecule has 0 aliphatic carbocycles. The van der Waals surface area contributed by atoms with Gasteiger partial charge in [0.05, 0.1) is 38.3 Å². The van der Waals surface area contributed by atoms with Crippen LogP contribution in [0.2, 0.25) is 0 Å². The van der Waals surface area contributed by atoms with Gasteiger partial charge in [-0.1, -0.05) is 45.9 Å². The standard InChI is InChI=1S/C75H116N28O26S2/c76-38-32-130-131-33-50(70(126)99-46(27-53(78)107)67(123)92-39(59(81)115)17-19-52(77)106)102-64(120)43(18-20-57(111)112)95-61(117)40(7-3-23-89-75(86)129)94-66(122)45(26-35-11-15-37(105)16-12-35)97-69(125)48(30-58(113)114)100-68(124)47(28-54(79)108)98-62(118)42(6-2-22-88-74(84)85)96-71(127)51-8-4-24-103(51)72(128)49(29-55(80)109)101-63(119)41(5-1-21-87-73(82)83)93-65(121)44(91-56(110)31-90-60(38)116)25-34-9-13-36(104)14-10-34/h9-16,38-51,73,75,87,89,104-105,129H,1-8,17-33,76,82-83,86H2,(H2,77,106)(H2,78,107)(H2,79,108)(H2,80,109)(H2,81,115)(H,90,116)(H,91,110)(H,92,123)(H,93,121)(H,94,122)(H,95,117)(H,96,127)(H,97,125)(H,98,118)(H,99,126)(H,100,124)(H,101,119)(H,102,120)(H,111,112)(H,113,114)(H4,84,85,88)/t38?,39?,40?,41?,42?,43?,44?,45?,46?,47?,48?,49-,50?,51?,75?/m0/s1. The van der Waals surface area contributed by atoms with Crippen LogP contribution in [0, 0.1) is 5.41 Å². The molecule has 19 amide bonds. The van der Waals surface area contributed by atoms with E-state index in [1.54, 1.807) is 0 Å². The summed E-state index contributed by atoms with van der Waals surface area (Å²) in [5.74, 6) is -29.2. The second-order valence-electron chi connectivity index (χ2n) is 30.2. The number of aliphatic hydroxyl groups is 1. The van der Waals surface area contributed by atoms with Gasteiger partial charge in [0.15, 0.2) is 12.3 Å². The number of nitrogens with one attached hydrogen (secondary N) is 17. The number of nitrogens with zero attached hydrogens (tertiary/aromatic N) is 1. The minimum Gasteiger partial charge on any atom is -0.508 e. The van der Waals surface area contributed by atoms with Crippen LogP contribution in [-0.4, -0.2) is 302 Å². The van der Waals surface area contributed by atoms with E-state index in [9.17, 15) is 126 Å². The molecular formula is C75H116N28O26S2. The van der Waals surface area contributed by atoms with E-state index in [0.29, 0.717) is 10.8 Å². The van der Waals surface area contributed by atoms with Crippen LogP contribution in [0.4, 0.5) is 0 Å².